The van der Waals surface area contributed by atoms with Crippen LogP contribution < -0.4 is 10.1 Å². The van der Waals surface area contributed by atoms with Crippen molar-refractivity contribution in [3.05, 3.63) is 93.4 Å². The average Bonchev–Trinajstić information content (AvgIpc) is 3.47. The number of rotatable bonds is 5. The lowest BCUT2D eigenvalue weighted by molar-refractivity contribution is -0.147. The molecule has 1 N–H and O–H groups in total. The van der Waals surface area contributed by atoms with Crippen LogP contribution in [-0.2, 0) is 9.59 Å². The summed E-state index contributed by atoms with van der Waals surface area (Å²) in [5, 5.41) is 3.35. The van der Waals surface area contributed by atoms with E-state index >= 15 is 0 Å². The van der Waals surface area contributed by atoms with Crippen molar-refractivity contribution < 1.29 is 19.1 Å². The molecule has 0 radical (unpaired) electrons. The molecule has 33 heavy (non-hydrogen) atoms. The third-order valence-electron chi connectivity index (χ3n) is 6.83. The Balaban J connectivity index is 1.66. The van der Waals surface area contributed by atoms with Gasteiger partial charge in [-0.05, 0) is 61.0 Å². The van der Waals surface area contributed by atoms with E-state index in [1.807, 2.05) is 19.1 Å². The summed E-state index contributed by atoms with van der Waals surface area (Å²) in [6.07, 6.45) is 0.288. The summed E-state index contributed by atoms with van der Waals surface area (Å²) in [5.74, 6) is -1.76. The normalized spacial score (nSPS) is 24.8. The van der Waals surface area contributed by atoms with Gasteiger partial charge in [-0.15, -0.1) is 0 Å². The zero-order valence-corrected chi connectivity index (χ0v) is 19.9. The molecule has 166 valence electrons. The van der Waals surface area contributed by atoms with Crippen molar-refractivity contribution in [3.8, 4) is 5.75 Å². The van der Waals surface area contributed by atoms with Crippen LogP contribution in [0.1, 0.15) is 35.2 Å². The average molecular weight is 525 g/mol. The lowest BCUT2D eigenvalue weighted by Crippen LogP contribution is -2.42. The van der Waals surface area contributed by atoms with Crippen molar-refractivity contribution in [1.29, 1.82) is 0 Å². The first-order chi connectivity index (χ1) is 15.9. The van der Waals surface area contributed by atoms with Gasteiger partial charge in [-0.1, -0.05) is 52.7 Å². The minimum absolute atomic E-state index is 0.272. The van der Waals surface area contributed by atoms with E-state index in [1.54, 1.807) is 60.7 Å². The van der Waals surface area contributed by atoms with E-state index < -0.39 is 28.6 Å². The van der Waals surface area contributed by atoms with Crippen LogP contribution >= 0.6 is 27.5 Å². The van der Waals surface area contributed by atoms with Gasteiger partial charge in [0.05, 0.1) is 5.41 Å². The summed E-state index contributed by atoms with van der Waals surface area (Å²) in [5.41, 5.74) is -1.33. The van der Waals surface area contributed by atoms with Crippen LogP contribution in [0.15, 0.2) is 77.3 Å². The standard InChI is InChI=1S/C26H19BrClNO4/c1-2-25(22(30)15-7-11-17(28)12-8-15)21-19-5-3-4-6-20(19)33-24(32)26(21,25)23(31)29-18-13-9-16(27)10-14-18/h3-14,21H,2H2,1H3,(H,29,31)/t21-,25+,26-/m0/s1. The van der Waals surface area contributed by atoms with Gasteiger partial charge in [0.2, 0.25) is 5.91 Å². The van der Waals surface area contributed by atoms with E-state index in [0.29, 0.717) is 27.6 Å². The molecule has 3 aromatic rings. The second-order valence-corrected chi connectivity index (χ2v) is 9.64. The Morgan fingerprint density at radius 1 is 1.03 bits per heavy atom. The number of Topliss-reactive ketones (excluding diaryl/α,β-unsaturated/α-hetero) is 1. The Bertz CT molecular complexity index is 1290. The number of ether oxygens (including phenoxy) is 1. The molecule has 1 heterocycles. The van der Waals surface area contributed by atoms with Gasteiger partial charge >= 0.3 is 5.97 Å². The summed E-state index contributed by atoms with van der Waals surface area (Å²) >= 11 is 9.39. The fraction of sp³-hybridized carbons (Fsp3) is 0.192. The highest BCUT2D eigenvalue weighted by Crippen LogP contribution is 2.80. The highest BCUT2D eigenvalue weighted by molar-refractivity contribution is 9.10. The van der Waals surface area contributed by atoms with Crippen LogP contribution in [0, 0.1) is 10.8 Å². The molecule has 5 nitrogen and oxygen atoms in total. The Kier molecular flexibility index (Phi) is 5.18. The van der Waals surface area contributed by atoms with Gasteiger partial charge in [-0.3, -0.25) is 14.4 Å². The van der Waals surface area contributed by atoms with Crippen LogP contribution in [0.3, 0.4) is 0 Å². The molecule has 0 aromatic heterocycles. The summed E-state index contributed by atoms with van der Waals surface area (Å²) in [7, 11) is 0. The Hall–Kier alpha value is -2.96. The first-order valence-electron chi connectivity index (χ1n) is 10.5. The van der Waals surface area contributed by atoms with Crippen LogP contribution in [-0.4, -0.2) is 17.7 Å². The molecule has 7 heteroatoms. The molecular weight excluding hydrogens is 506 g/mol. The first-order valence-corrected chi connectivity index (χ1v) is 11.7. The molecule has 1 fully saturated rings. The Labute approximate surface area is 204 Å². The third-order valence-corrected chi connectivity index (χ3v) is 7.61. The second-order valence-electron chi connectivity index (χ2n) is 8.29. The number of hydrogen-bond donors (Lipinski definition) is 1. The summed E-state index contributed by atoms with van der Waals surface area (Å²) in [6, 6.07) is 20.6. The molecule has 1 aliphatic heterocycles. The van der Waals surface area contributed by atoms with Gasteiger partial charge in [-0.25, -0.2) is 0 Å². The number of halogens is 2. The smallest absolute Gasteiger partial charge is 0.328 e. The maximum Gasteiger partial charge on any atom is 0.328 e. The lowest BCUT2D eigenvalue weighted by atomic mass is 9.82. The molecule has 2 aliphatic rings. The predicted molar refractivity (Wildman–Crippen MR) is 129 cm³/mol. The Morgan fingerprint density at radius 3 is 2.36 bits per heavy atom. The molecule has 3 atom stereocenters. The van der Waals surface area contributed by atoms with Crippen molar-refractivity contribution >= 4 is 50.9 Å². The van der Waals surface area contributed by atoms with Gasteiger partial charge in [0.25, 0.3) is 0 Å². The topological polar surface area (TPSA) is 72.5 Å². The largest absolute Gasteiger partial charge is 0.425 e. The molecular formula is C26H19BrClNO4. The number of carbonyl (C=O) groups excluding carboxylic acids is 3. The minimum atomic E-state index is -1.67. The number of anilines is 1. The van der Waals surface area contributed by atoms with Crippen LogP contribution in [0.25, 0.3) is 0 Å². The van der Waals surface area contributed by atoms with E-state index in [-0.39, 0.29) is 12.2 Å². The maximum atomic E-state index is 14.0. The first kappa shape index (κ1) is 21.9. The number of hydrogen-bond acceptors (Lipinski definition) is 4. The van der Waals surface area contributed by atoms with E-state index in [9.17, 15) is 14.4 Å². The quantitative estimate of drug-likeness (QED) is 0.192. The molecule has 0 unspecified atom stereocenters. The SMILES string of the molecule is CC[C@]1(C(=O)c2ccc(Cl)cc2)[C@@H]2c3ccccc3OC(=O)[C@@]21C(=O)Nc1ccc(Br)cc1. The summed E-state index contributed by atoms with van der Waals surface area (Å²) < 4.78 is 6.51. The van der Waals surface area contributed by atoms with Crippen LogP contribution in [0.4, 0.5) is 5.69 Å². The number of esters is 1. The van der Waals surface area contributed by atoms with Crippen molar-refractivity contribution in [3.63, 3.8) is 0 Å². The number of nitrogens with one attached hydrogen (secondary N) is 1. The zero-order valence-electron chi connectivity index (χ0n) is 17.6. The van der Waals surface area contributed by atoms with Crippen LogP contribution in [0.2, 0.25) is 5.02 Å². The number of ketones is 1. The highest BCUT2D eigenvalue weighted by atomic mass is 79.9. The zero-order chi connectivity index (χ0) is 23.4. The van der Waals surface area contributed by atoms with Crippen molar-refractivity contribution in [1.82, 2.24) is 0 Å². The van der Waals surface area contributed by atoms with Crippen LogP contribution in [0.5, 0.6) is 5.75 Å². The molecule has 5 rings (SSSR count). The number of para-hydroxylation sites is 1. The molecule has 1 aliphatic carbocycles. The van der Waals surface area contributed by atoms with Crippen molar-refractivity contribution in [2.24, 2.45) is 10.8 Å². The van der Waals surface area contributed by atoms with Gasteiger partial charge in [0.15, 0.2) is 11.2 Å². The summed E-state index contributed by atoms with van der Waals surface area (Å²) in [6.45, 7) is 1.83. The second kappa shape index (κ2) is 7.82. The lowest BCUT2D eigenvalue weighted by Gasteiger charge is -2.24. The van der Waals surface area contributed by atoms with E-state index in [0.717, 1.165) is 4.47 Å². The minimum Gasteiger partial charge on any atom is -0.425 e. The van der Waals surface area contributed by atoms with E-state index in [1.165, 1.54) is 0 Å². The molecule has 0 spiro atoms. The molecule has 0 saturated heterocycles. The molecule has 1 saturated carbocycles. The predicted octanol–water partition coefficient (Wildman–Crippen LogP) is 6.02. The number of benzene rings is 3. The molecule has 1 amide bonds. The number of fused-ring (bicyclic) bond motifs is 3. The number of carbonyl (C=O) groups is 3. The van der Waals surface area contributed by atoms with Crippen molar-refractivity contribution in [2.75, 3.05) is 5.32 Å². The van der Waals surface area contributed by atoms with Gasteiger partial charge < -0.3 is 10.1 Å². The Morgan fingerprint density at radius 2 is 1.70 bits per heavy atom. The highest BCUT2D eigenvalue weighted by Gasteiger charge is 2.89. The molecule has 0 bridgehead atoms. The van der Waals surface area contributed by atoms with Gasteiger partial charge in [-0.2, -0.15) is 0 Å². The fourth-order valence-electron chi connectivity index (χ4n) is 5.33. The fourth-order valence-corrected chi connectivity index (χ4v) is 5.72. The number of amides is 1. The van der Waals surface area contributed by atoms with Crippen molar-refractivity contribution in [2.45, 2.75) is 19.3 Å². The third kappa shape index (κ3) is 3.01. The van der Waals surface area contributed by atoms with Gasteiger partial charge in [0, 0.05) is 32.2 Å². The van der Waals surface area contributed by atoms with E-state index in [2.05, 4.69) is 21.2 Å². The molecule has 3 aromatic carbocycles. The maximum absolute atomic E-state index is 14.0. The van der Waals surface area contributed by atoms with Gasteiger partial charge in [0.1, 0.15) is 5.75 Å². The summed E-state index contributed by atoms with van der Waals surface area (Å²) in [4.78, 5) is 41.3. The monoisotopic (exact) mass is 523 g/mol. The van der Waals surface area contributed by atoms with E-state index in [4.69, 9.17) is 16.3 Å².